The van der Waals surface area contributed by atoms with Gasteiger partial charge in [-0.25, -0.2) is 0 Å². The lowest BCUT2D eigenvalue weighted by Crippen LogP contribution is -2.35. The summed E-state index contributed by atoms with van der Waals surface area (Å²) in [6.07, 6.45) is 3.30. The first-order valence-electron chi connectivity index (χ1n) is 7.56. The van der Waals surface area contributed by atoms with Crippen LogP contribution in [0, 0.1) is 0 Å². The van der Waals surface area contributed by atoms with E-state index >= 15 is 0 Å². The fourth-order valence-electron chi connectivity index (χ4n) is 2.62. The lowest BCUT2D eigenvalue weighted by Gasteiger charge is -2.24. The largest absolute Gasteiger partial charge is 0.435 e. The van der Waals surface area contributed by atoms with Crippen LogP contribution in [0.3, 0.4) is 0 Å². The van der Waals surface area contributed by atoms with Gasteiger partial charge >= 0.3 is 6.61 Å². The molecular formula is C16H21F2NO2S. The standard InChI is InChI=1S/C16H21F2NO2S/c1-2-22-14-5-3-4-10-19(11-14)15(20)12-6-8-13(9-7-12)21-16(17)18/h6-9,14,16H,2-5,10-11H2,1H3. The second-order valence-corrected chi connectivity index (χ2v) is 6.80. The van der Waals surface area contributed by atoms with Crippen LogP contribution in [-0.2, 0) is 0 Å². The molecule has 1 aromatic rings. The molecule has 0 aliphatic carbocycles. The van der Waals surface area contributed by atoms with E-state index in [-0.39, 0.29) is 11.7 Å². The number of carbonyl (C=O) groups excluding carboxylic acids is 1. The normalized spacial score (nSPS) is 19.1. The molecule has 0 spiro atoms. The molecule has 3 nitrogen and oxygen atoms in total. The first-order chi connectivity index (χ1) is 10.6. The van der Waals surface area contributed by atoms with E-state index in [1.807, 2.05) is 16.7 Å². The molecule has 2 rings (SSSR count). The van der Waals surface area contributed by atoms with Gasteiger partial charge in [0.25, 0.3) is 5.91 Å². The molecule has 1 heterocycles. The third kappa shape index (κ3) is 4.87. The zero-order valence-corrected chi connectivity index (χ0v) is 13.5. The number of thioether (sulfide) groups is 1. The summed E-state index contributed by atoms with van der Waals surface area (Å²) in [5, 5.41) is 0.484. The predicted molar refractivity (Wildman–Crippen MR) is 84.7 cm³/mol. The zero-order chi connectivity index (χ0) is 15.9. The molecule has 0 saturated carbocycles. The fourth-order valence-corrected chi connectivity index (χ4v) is 3.71. The SMILES string of the molecule is CCSC1CCCCN(C(=O)c2ccc(OC(F)F)cc2)C1. The molecule has 1 unspecified atom stereocenters. The summed E-state index contributed by atoms with van der Waals surface area (Å²) in [6, 6.07) is 5.92. The molecule has 1 aromatic carbocycles. The van der Waals surface area contributed by atoms with E-state index in [2.05, 4.69) is 11.7 Å². The number of ether oxygens (including phenoxy) is 1. The van der Waals surface area contributed by atoms with Gasteiger partial charge < -0.3 is 9.64 Å². The van der Waals surface area contributed by atoms with Gasteiger partial charge in [0.05, 0.1) is 0 Å². The second-order valence-electron chi connectivity index (χ2n) is 5.23. The third-order valence-electron chi connectivity index (χ3n) is 3.64. The highest BCUT2D eigenvalue weighted by molar-refractivity contribution is 7.99. The molecule has 1 fully saturated rings. The molecule has 1 saturated heterocycles. The van der Waals surface area contributed by atoms with Gasteiger partial charge in [-0.3, -0.25) is 4.79 Å². The van der Waals surface area contributed by atoms with Crippen LogP contribution in [0.4, 0.5) is 8.78 Å². The second kappa shape index (κ2) is 8.36. The van der Waals surface area contributed by atoms with Gasteiger partial charge in [-0.05, 0) is 42.9 Å². The molecule has 0 radical (unpaired) electrons. The monoisotopic (exact) mass is 329 g/mol. The molecule has 6 heteroatoms. The number of likely N-dealkylation sites (tertiary alicyclic amines) is 1. The van der Waals surface area contributed by atoms with Crippen LogP contribution in [-0.4, -0.2) is 41.5 Å². The van der Waals surface area contributed by atoms with Crippen LogP contribution in [0.2, 0.25) is 0 Å². The summed E-state index contributed by atoms with van der Waals surface area (Å²) < 4.78 is 28.6. The van der Waals surface area contributed by atoms with Crippen molar-refractivity contribution >= 4 is 17.7 Å². The van der Waals surface area contributed by atoms with Crippen LogP contribution in [0.15, 0.2) is 24.3 Å². The van der Waals surface area contributed by atoms with E-state index in [9.17, 15) is 13.6 Å². The van der Waals surface area contributed by atoms with Gasteiger partial charge in [0.15, 0.2) is 0 Å². The van der Waals surface area contributed by atoms with Crippen molar-refractivity contribution in [1.82, 2.24) is 4.90 Å². The van der Waals surface area contributed by atoms with Crippen molar-refractivity contribution in [2.75, 3.05) is 18.8 Å². The van der Waals surface area contributed by atoms with Crippen LogP contribution in [0.25, 0.3) is 0 Å². The minimum atomic E-state index is -2.85. The maximum atomic E-state index is 12.6. The van der Waals surface area contributed by atoms with Crippen molar-refractivity contribution in [1.29, 1.82) is 0 Å². The molecule has 1 atom stereocenters. The Labute approximate surface area is 134 Å². The van der Waals surface area contributed by atoms with Crippen molar-refractivity contribution in [2.45, 2.75) is 38.0 Å². The Morgan fingerprint density at radius 2 is 2.09 bits per heavy atom. The van der Waals surface area contributed by atoms with Crippen molar-refractivity contribution in [3.63, 3.8) is 0 Å². The number of hydrogen-bond acceptors (Lipinski definition) is 3. The Morgan fingerprint density at radius 3 is 2.73 bits per heavy atom. The van der Waals surface area contributed by atoms with Crippen molar-refractivity contribution in [2.24, 2.45) is 0 Å². The quantitative estimate of drug-likeness (QED) is 0.817. The molecule has 1 aliphatic rings. The number of benzene rings is 1. The lowest BCUT2D eigenvalue weighted by atomic mass is 10.2. The summed E-state index contributed by atoms with van der Waals surface area (Å²) in [5.41, 5.74) is 0.517. The summed E-state index contributed by atoms with van der Waals surface area (Å²) in [7, 11) is 0. The lowest BCUT2D eigenvalue weighted by molar-refractivity contribution is -0.0498. The van der Waals surface area contributed by atoms with Gasteiger partial charge in [-0.2, -0.15) is 20.5 Å². The third-order valence-corrected chi connectivity index (χ3v) is 4.83. The van der Waals surface area contributed by atoms with Gasteiger partial charge in [0, 0.05) is 23.9 Å². The number of amides is 1. The number of halogens is 2. The molecule has 22 heavy (non-hydrogen) atoms. The Kier molecular flexibility index (Phi) is 6.49. The predicted octanol–water partition coefficient (Wildman–Crippen LogP) is 4.04. The minimum absolute atomic E-state index is 0.0350. The van der Waals surface area contributed by atoms with E-state index in [0.717, 1.165) is 38.1 Å². The van der Waals surface area contributed by atoms with Crippen LogP contribution in [0.5, 0.6) is 5.75 Å². The Balaban J connectivity index is 2.02. The van der Waals surface area contributed by atoms with Gasteiger partial charge in [-0.15, -0.1) is 0 Å². The van der Waals surface area contributed by atoms with Crippen molar-refractivity contribution < 1.29 is 18.3 Å². The molecule has 0 N–H and O–H groups in total. The number of carbonyl (C=O) groups is 1. The van der Waals surface area contributed by atoms with Gasteiger partial charge in [0.2, 0.25) is 0 Å². The average molecular weight is 329 g/mol. The van der Waals surface area contributed by atoms with Crippen molar-refractivity contribution in [3.05, 3.63) is 29.8 Å². The first-order valence-corrected chi connectivity index (χ1v) is 8.60. The van der Waals surface area contributed by atoms with Crippen molar-refractivity contribution in [3.8, 4) is 5.75 Å². The fraction of sp³-hybridized carbons (Fsp3) is 0.562. The summed E-state index contributed by atoms with van der Waals surface area (Å²) in [5.74, 6) is 1.08. The van der Waals surface area contributed by atoms with Gasteiger partial charge in [-0.1, -0.05) is 13.3 Å². The van der Waals surface area contributed by atoms with Crippen LogP contribution >= 0.6 is 11.8 Å². The number of rotatable bonds is 5. The molecule has 0 aromatic heterocycles. The topological polar surface area (TPSA) is 29.5 Å². The molecule has 0 bridgehead atoms. The van der Waals surface area contributed by atoms with Crippen LogP contribution < -0.4 is 4.74 Å². The molecule has 1 aliphatic heterocycles. The van der Waals surface area contributed by atoms with E-state index in [0.29, 0.717) is 10.8 Å². The summed E-state index contributed by atoms with van der Waals surface area (Å²) in [6.45, 7) is 0.796. The van der Waals surface area contributed by atoms with Crippen LogP contribution in [0.1, 0.15) is 36.5 Å². The number of alkyl halides is 2. The van der Waals surface area contributed by atoms with E-state index in [1.165, 1.54) is 12.1 Å². The van der Waals surface area contributed by atoms with Gasteiger partial charge in [0.1, 0.15) is 5.75 Å². The highest BCUT2D eigenvalue weighted by atomic mass is 32.2. The maximum absolute atomic E-state index is 12.6. The number of nitrogens with zero attached hydrogens (tertiary/aromatic N) is 1. The average Bonchev–Trinajstić information content (AvgIpc) is 2.73. The summed E-state index contributed by atoms with van der Waals surface area (Å²) in [4.78, 5) is 14.4. The Morgan fingerprint density at radius 1 is 1.36 bits per heavy atom. The molecule has 122 valence electrons. The maximum Gasteiger partial charge on any atom is 0.387 e. The molecule has 1 amide bonds. The minimum Gasteiger partial charge on any atom is -0.435 e. The van der Waals surface area contributed by atoms with E-state index < -0.39 is 6.61 Å². The Bertz CT molecular complexity index is 482. The first kappa shape index (κ1) is 17.1. The van der Waals surface area contributed by atoms with E-state index in [1.54, 1.807) is 12.1 Å². The highest BCUT2D eigenvalue weighted by Crippen LogP contribution is 2.23. The smallest absolute Gasteiger partial charge is 0.387 e. The Hall–Kier alpha value is -1.30. The summed E-state index contributed by atoms with van der Waals surface area (Å²) >= 11 is 1.89. The number of hydrogen-bond donors (Lipinski definition) is 0. The molecular weight excluding hydrogens is 308 g/mol. The zero-order valence-electron chi connectivity index (χ0n) is 12.6. The highest BCUT2D eigenvalue weighted by Gasteiger charge is 2.23. The van der Waals surface area contributed by atoms with E-state index in [4.69, 9.17) is 0 Å².